The number of hydrogen-bond acceptors (Lipinski definition) is 2. The summed E-state index contributed by atoms with van der Waals surface area (Å²) in [5, 5.41) is 4.50. The summed E-state index contributed by atoms with van der Waals surface area (Å²) >= 11 is 2.26. The lowest BCUT2D eigenvalue weighted by Crippen LogP contribution is -2.00. The van der Waals surface area contributed by atoms with Gasteiger partial charge in [0.1, 0.15) is 11.5 Å². The van der Waals surface area contributed by atoms with Gasteiger partial charge < -0.3 is 5.73 Å². The monoisotopic (exact) mass is 393 g/mol. The molecular formula is C16H13FIN3. The van der Waals surface area contributed by atoms with Crippen molar-refractivity contribution >= 4 is 28.3 Å². The number of halogens is 2. The Hall–Kier alpha value is -1.89. The van der Waals surface area contributed by atoms with Crippen LogP contribution >= 0.6 is 22.6 Å². The molecule has 0 fully saturated rings. The summed E-state index contributed by atoms with van der Waals surface area (Å²) in [7, 11) is 0. The number of nitrogens with two attached hydrogens (primary N) is 1. The molecule has 0 bridgehead atoms. The van der Waals surface area contributed by atoms with Gasteiger partial charge in [0, 0.05) is 15.3 Å². The largest absolute Gasteiger partial charge is 0.396 e. The number of aromatic nitrogens is 2. The molecule has 2 N–H and O–H groups in total. The number of nitrogens with zero attached hydrogens (tertiary/aromatic N) is 2. The number of rotatable bonds is 3. The molecule has 0 unspecified atom stereocenters. The molecular weight excluding hydrogens is 380 g/mol. The summed E-state index contributed by atoms with van der Waals surface area (Å²) in [6, 6.07) is 14.5. The first-order valence-electron chi connectivity index (χ1n) is 6.45. The van der Waals surface area contributed by atoms with Gasteiger partial charge in [-0.2, -0.15) is 5.10 Å². The van der Waals surface area contributed by atoms with Gasteiger partial charge in [-0.05, 0) is 52.4 Å². The molecule has 0 amide bonds. The fourth-order valence-electron chi connectivity index (χ4n) is 2.17. The highest BCUT2D eigenvalue weighted by molar-refractivity contribution is 14.1. The summed E-state index contributed by atoms with van der Waals surface area (Å²) in [6.07, 6.45) is 1.78. The lowest BCUT2D eigenvalue weighted by Gasteiger charge is -2.02. The SMILES string of the molecule is Nc1cn(Cc2cccc(F)c2)nc1-c1ccc(I)cc1. The summed E-state index contributed by atoms with van der Waals surface area (Å²) in [6.45, 7) is 0.492. The molecule has 3 rings (SSSR count). The molecule has 0 saturated heterocycles. The van der Waals surface area contributed by atoms with Crippen LogP contribution in [0.3, 0.4) is 0 Å². The molecule has 0 aliphatic rings. The molecule has 3 nitrogen and oxygen atoms in total. The van der Waals surface area contributed by atoms with Crippen LogP contribution in [-0.2, 0) is 6.54 Å². The topological polar surface area (TPSA) is 43.8 Å². The predicted molar refractivity (Wildman–Crippen MR) is 90.3 cm³/mol. The molecule has 21 heavy (non-hydrogen) atoms. The summed E-state index contributed by atoms with van der Waals surface area (Å²) < 4.78 is 16.1. The Bertz CT molecular complexity index is 765. The Morgan fingerprint density at radius 3 is 2.62 bits per heavy atom. The Morgan fingerprint density at radius 1 is 1.14 bits per heavy atom. The second kappa shape index (κ2) is 5.85. The predicted octanol–water partition coefficient (Wildman–Crippen LogP) is 3.92. The van der Waals surface area contributed by atoms with Gasteiger partial charge in [-0.15, -0.1) is 0 Å². The van der Waals surface area contributed by atoms with Crippen LogP contribution in [0.15, 0.2) is 54.7 Å². The lowest BCUT2D eigenvalue weighted by atomic mass is 10.1. The highest BCUT2D eigenvalue weighted by Crippen LogP contribution is 2.25. The van der Waals surface area contributed by atoms with E-state index in [-0.39, 0.29) is 5.82 Å². The van der Waals surface area contributed by atoms with E-state index < -0.39 is 0 Å². The van der Waals surface area contributed by atoms with Crippen molar-refractivity contribution in [3.63, 3.8) is 0 Å². The van der Waals surface area contributed by atoms with Gasteiger partial charge in [-0.1, -0.05) is 24.3 Å². The summed E-state index contributed by atoms with van der Waals surface area (Å²) in [4.78, 5) is 0. The van der Waals surface area contributed by atoms with Gasteiger partial charge in [0.2, 0.25) is 0 Å². The summed E-state index contributed by atoms with van der Waals surface area (Å²) in [5.74, 6) is -0.245. The second-order valence-electron chi connectivity index (χ2n) is 4.77. The zero-order valence-electron chi connectivity index (χ0n) is 11.1. The molecule has 1 aromatic heterocycles. The van der Waals surface area contributed by atoms with E-state index in [1.807, 2.05) is 30.3 Å². The molecule has 106 valence electrons. The number of anilines is 1. The third-order valence-corrected chi connectivity index (χ3v) is 3.86. The third kappa shape index (κ3) is 3.24. The van der Waals surface area contributed by atoms with Crippen LogP contribution in [0.25, 0.3) is 11.3 Å². The molecule has 0 aliphatic carbocycles. The standard InChI is InChI=1S/C16H13FIN3/c17-13-3-1-2-11(8-13)9-21-10-15(19)16(20-21)12-4-6-14(18)7-5-12/h1-8,10H,9,19H2. The molecule has 0 atom stereocenters. The van der Waals surface area contributed by atoms with Gasteiger partial charge in [0.25, 0.3) is 0 Å². The van der Waals surface area contributed by atoms with E-state index in [2.05, 4.69) is 27.7 Å². The van der Waals surface area contributed by atoms with Gasteiger partial charge in [0.15, 0.2) is 0 Å². The van der Waals surface area contributed by atoms with Crippen LogP contribution in [0.5, 0.6) is 0 Å². The molecule has 0 aliphatic heterocycles. The van der Waals surface area contributed by atoms with Crippen molar-refractivity contribution in [1.29, 1.82) is 0 Å². The smallest absolute Gasteiger partial charge is 0.123 e. The molecule has 0 radical (unpaired) electrons. The van der Waals surface area contributed by atoms with E-state index in [9.17, 15) is 4.39 Å². The van der Waals surface area contributed by atoms with Crippen molar-refractivity contribution in [1.82, 2.24) is 9.78 Å². The zero-order valence-corrected chi connectivity index (χ0v) is 13.3. The van der Waals surface area contributed by atoms with Crippen LogP contribution < -0.4 is 5.73 Å². The minimum atomic E-state index is -0.245. The van der Waals surface area contributed by atoms with Crippen molar-refractivity contribution < 1.29 is 4.39 Å². The van der Waals surface area contributed by atoms with Gasteiger partial charge in [-0.25, -0.2) is 4.39 Å². The maximum atomic E-state index is 13.2. The van der Waals surface area contributed by atoms with Gasteiger partial charge in [-0.3, -0.25) is 4.68 Å². The van der Waals surface area contributed by atoms with E-state index >= 15 is 0 Å². The molecule has 3 aromatic rings. The van der Waals surface area contributed by atoms with E-state index in [0.717, 1.165) is 20.4 Å². The molecule has 1 heterocycles. The summed E-state index contributed by atoms with van der Waals surface area (Å²) in [5.41, 5.74) is 9.24. The Kier molecular flexibility index (Phi) is 3.92. The van der Waals surface area contributed by atoms with Crippen molar-refractivity contribution in [2.75, 3.05) is 5.73 Å². The Balaban J connectivity index is 1.89. The third-order valence-electron chi connectivity index (χ3n) is 3.14. The minimum absolute atomic E-state index is 0.245. The molecule has 5 heteroatoms. The first kappa shape index (κ1) is 14.1. The first-order chi connectivity index (χ1) is 10.1. The van der Waals surface area contributed by atoms with Crippen LogP contribution in [0.4, 0.5) is 10.1 Å². The van der Waals surface area contributed by atoms with E-state index in [1.165, 1.54) is 12.1 Å². The van der Waals surface area contributed by atoms with Crippen LogP contribution in [0, 0.1) is 9.39 Å². The van der Waals surface area contributed by atoms with Crippen LogP contribution in [-0.4, -0.2) is 9.78 Å². The fraction of sp³-hybridized carbons (Fsp3) is 0.0625. The highest BCUT2D eigenvalue weighted by Gasteiger charge is 2.09. The van der Waals surface area contributed by atoms with E-state index in [0.29, 0.717) is 12.2 Å². The zero-order chi connectivity index (χ0) is 14.8. The van der Waals surface area contributed by atoms with Crippen molar-refractivity contribution in [2.45, 2.75) is 6.54 Å². The van der Waals surface area contributed by atoms with Crippen molar-refractivity contribution in [3.8, 4) is 11.3 Å². The van der Waals surface area contributed by atoms with Crippen LogP contribution in [0.1, 0.15) is 5.56 Å². The normalized spacial score (nSPS) is 10.8. The molecule has 2 aromatic carbocycles. The Labute approximate surface area is 135 Å². The van der Waals surface area contributed by atoms with Crippen molar-refractivity contribution in [2.24, 2.45) is 0 Å². The highest BCUT2D eigenvalue weighted by atomic mass is 127. The average molecular weight is 393 g/mol. The maximum Gasteiger partial charge on any atom is 0.123 e. The number of nitrogen functional groups attached to an aromatic ring is 1. The minimum Gasteiger partial charge on any atom is -0.396 e. The number of hydrogen-bond donors (Lipinski definition) is 1. The first-order valence-corrected chi connectivity index (χ1v) is 7.53. The second-order valence-corrected chi connectivity index (χ2v) is 6.01. The van der Waals surface area contributed by atoms with E-state index in [4.69, 9.17) is 5.73 Å². The van der Waals surface area contributed by atoms with E-state index in [1.54, 1.807) is 16.9 Å². The number of benzene rings is 2. The maximum absolute atomic E-state index is 13.2. The fourth-order valence-corrected chi connectivity index (χ4v) is 2.53. The molecule has 0 saturated carbocycles. The van der Waals surface area contributed by atoms with Crippen LogP contribution in [0.2, 0.25) is 0 Å². The van der Waals surface area contributed by atoms with Gasteiger partial charge in [0.05, 0.1) is 12.2 Å². The molecule has 0 spiro atoms. The lowest BCUT2D eigenvalue weighted by molar-refractivity contribution is 0.619. The average Bonchev–Trinajstić information content (AvgIpc) is 2.80. The van der Waals surface area contributed by atoms with Crippen molar-refractivity contribution in [3.05, 3.63) is 69.7 Å². The van der Waals surface area contributed by atoms with Gasteiger partial charge >= 0.3 is 0 Å². The quantitative estimate of drug-likeness (QED) is 0.686. The Morgan fingerprint density at radius 2 is 1.90 bits per heavy atom.